The minimum Gasteiger partial charge on any atom is -0.507 e. The highest BCUT2D eigenvalue weighted by atomic mass is 127. The summed E-state index contributed by atoms with van der Waals surface area (Å²) >= 11 is 8.09. The monoisotopic (exact) mass is 598 g/mol. The molecule has 0 aliphatic carbocycles. The number of carbonyl (C=O) groups is 2. The number of piperazine rings is 1. The van der Waals surface area contributed by atoms with Crippen LogP contribution in [0.4, 0.5) is 11.4 Å². The maximum absolute atomic E-state index is 13.0. The SMILES string of the molecule is O=C(CN1CCC(CO)(C(=O)Nc2ccc(O)c(I)c2)C1)N1CCN(c2cccc(Cl)c2)CC1. The number of aromatic hydroxyl groups is 1. The lowest BCUT2D eigenvalue weighted by molar-refractivity contribution is -0.133. The summed E-state index contributed by atoms with van der Waals surface area (Å²) in [4.78, 5) is 32.0. The number of halogens is 2. The highest BCUT2D eigenvalue weighted by Crippen LogP contribution is 2.32. The summed E-state index contributed by atoms with van der Waals surface area (Å²) in [7, 11) is 0. The lowest BCUT2D eigenvalue weighted by atomic mass is 9.87. The Bertz CT molecular complexity index is 1060. The van der Waals surface area contributed by atoms with E-state index in [1.807, 2.05) is 56.7 Å². The van der Waals surface area contributed by atoms with Gasteiger partial charge in [-0.2, -0.15) is 0 Å². The van der Waals surface area contributed by atoms with Gasteiger partial charge in [0.15, 0.2) is 0 Å². The van der Waals surface area contributed by atoms with Gasteiger partial charge in [0.2, 0.25) is 11.8 Å². The van der Waals surface area contributed by atoms with Gasteiger partial charge in [-0.3, -0.25) is 14.5 Å². The van der Waals surface area contributed by atoms with Crippen molar-refractivity contribution >= 4 is 57.4 Å². The van der Waals surface area contributed by atoms with Gasteiger partial charge in [-0.25, -0.2) is 0 Å². The number of carbonyl (C=O) groups excluding carboxylic acids is 2. The van der Waals surface area contributed by atoms with Gasteiger partial charge in [-0.05, 0) is 72.0 Å². The number of anilines is 2. The number of nitrogens with one attached hydrogen (secondary N) is 1. The van der Waals surface area contributed by atoms with E-state index >= 15 is 0 Å². The van der Waals surface area contributed by atoms with Gasteiger partial charge >= 0.3 is 0 Å². The predicted molar refractivity (Wildman–Crippen MR) is 140 cm³/mol. The smallest absolute Gasteiger partial charge is 0.236 e. The molecule has 10 heteroatoms. The second kappa shape index (κ2) is 10.7. The van der Waals surface area contributed by atoms with E-state index in [1.54, 1.807) is 12.1 Å². The van der Waals surface area contributed by atoms with Crippen molar-refractivity contribution in [2.45, 2.75) is 6.42 Å². The van der Waals surface area contributed by atoms with Crippen LogP contribution in [0.5, 0.6) is 5.75 Å². The third-order valence-corrected chi connectivity index (χ3v) is 7.69. The first kappa shape index (κ1) is 25.0. The first-order valence-electron chi connectivity index (χ1n) is 11.2. The number of rotatable bonds is 6. The molecular weight excluding hydrogens is 571 g/mol. The van der Waals surface area contributed by atoms with Crippen LogP contribution in [-0.4, -0.2) is 84.2 Å². The molecule has 0 spiro atoms. The molecule has 2 fully saturated rings. The van der Waals surface area contributed by atoms with E-state index in [4.69, 9.17) is 11.6 Å². The number of hydrogen-bond acceptors (Lipinski definition) is 6. The normalized spacial score (nSPS) is 21.0. The van der Waals surface area contributed by atoms with Crippen molar-refractivity contribution in [3.8, 4) is 5.75 Å². The summed E-state index contributed by atoms with van der Waals surface area (Å²) in [5, 5.41) is 23.3. The van der Waals surface area contributed by atoms with Gasteiger partial charge in [0.1, 0.15) is 5.75 Å². The fourth-order valence-corrected chi connectivity index (χ4v) is 5.21. The molecule has 2 aliphatic rings. The number of aliphatic hydroxyl groups is 1. The quantitative estimate of drug-likeness (QED) is 0.350. The maximum atomic E-state index is 13.0. The summed E-state index contributed by atoms with van der Waals surface area (Å²) < 4.78 is 0.627. The molecule has 182 valence electrons. The molecule has 2 amide bonds. The zero-order valence-corrected chi connectivity index (χ0v) is 21.6. The van der Waals surface area contributed by atoms with E-state index < -0.39 is 5.41 Å². The molecule has 1 unspecified atom stereocenters. The first-order chi connectivity index (χ1) is 16.3. The number of benzene rings is 2. The molecule has 0 aromatic heterocycles. The van der Waals surface area contributed by atoms with Gasteiger partial charge < -0.3 is 25.3 Å². The van der Waals surface area contributed by atoms with Gasteiger partial charge in [0.05, 0.1) is 22.1 Å². The van der Waals surface area contributed by atoms with E-state index in [0.717, 1.165) is 18.8 Å². The van der Waals surface area contributed by atoms with Crippen molar-refractivity contribution < 1.29 is 19.8 Å². The van der Waals surface area contributed by atoms with E-state index in [2.05, 4.69) is 10.2 Å². The van der Waals surface area contributed by atoms with Gasteiger partial charge in [0, 0.05) is 49.1 Å². The Morgan fingerprint density at radius 3 is 2.53 bits per heavy atom. The Labute approximate surface area is 217 Å². The number of phenols is 1. The third-order valence-electron chi connectivity index (χ3n) is 6.59. The van der Waals surface area contributed by atoms with Crippen molar-refractivity contribution in [1.29, 1.82) is 0 Å². The van der Waals surface area contributed by atoms with Crippen molar-refractivity contribution in [3.63, 3.8) is 0 Å². The Hall–Kier alpha value is -2.08. The van der Waals surface area contributed by atoms with Crippen LogP contribution >= 0.6 is 34.2 Å². The van der Waals surface area contributed by atoms with Crippen molar-refractivity contribution in [2.75, 3.05) is 62.6 Å². The van der Waals surface area contributed by atoms with E-state index in [9.17, 15) is 19.8 Å². The number of hydrogen-bond donors (Lipinski definition) is 3. The summed E-state index contributed by atoms with van der Waals surface area (Å²) in [5.74, 6) is -0.0935. The molecule has 2 aromatic carbocycles. The van der Waals surface area contributed by atoms with Crippen LogP contribution < -0.4 is 10.2 Å². The molecular formula is C24H28ClIN4O4. The molecule has 1 atom stereocenters. The predicted octanol–water partition coefficient (Wildman–Crippen LogP) is 2.62. The molecule has 2 aromatic rings. The molecule has 0 saturated carbocycles. The molecule has 34 heavy (non-hydrogen) atoms. The van der Waals surface area contributed by atoms with Crippen molar-refractivity contribution in [3.05, 3.63) is 51.1 Å². The van der Waals surface area contributed by atoms with Crippen LogP contribution in [0.25, 0.3) is 0 Å². The Morgan fingerprint density at radius 2 is 1.85 bits per heavy atom. The second-order valence-electron chi connectivity index (χ2n) is 8.87. The highest BCUT2D eigenvalue weighted by Gasteiger charge is 2.45. The second-order valence-corrected chi connectivity index (χ2v) is 10.5. The number of likely N-dealkylation sites (tertiary alicyclic amines) is 1. The fraction of sp³-hybridized carbons (Fsp3) is 0.417. The summed E-state index contributed by atoms with van der Waals surface area (Å²) in [6, 6.07) is 12.5. The van der Waals surface area contributed by atoms with Crippen LogP contribution in [0.2, 0.25) is 5.02 Å². The summed E-state index contributed by atoms with van der Waals surface area (Å²) in [5.41, 5.74) is 0.655. The third kappa shape index (κ3) is 5.59. The summed E-state index contributed by atoms with van der Waals surface area (Å²) in [6.07, 6.45) is 0.473. The molecule has 4 rings (SSSR count). The van der Waals surface area contributed by atoms with Crippen LogP contribution in [-0.2, 0) is 9.59 Å². The standard InChI is InChI=1S/C24H28ClIN4O4/c25-17-2-1-3-19(12-17)29-8-10-30(11-9-29)22(33)14-28-7-6-24(15-28,16-31)23(34)27-18-4-5-21(32)20(26)13-18/h1-5,12-13,31-32H,6-11,14-16H2,(H,27,34). The summed E-state index contributed by atoms with van der Waals surface area (Å²) in [6.45, 7) is 3.55. The lowest BCUT2D eigenvalue weighted by Gasteiger charge is -2.37. The Balaban J connectivity index is 1.30. The van der Waals surface area contributed by atoms with Crippen molar-refractivity contribution in [1.82, 2.24) is 9.80 Å². The molecule has 0 radical (unpaired) electrons. The lowest BCUT2D eigenvalue weighted by Crippen LogP contribution is -2.51. The number of phenolic OH excluding ortho intramolecular Hbond substituents is 1. The van der Waals surface area contributed by atoms with Crippen LogP contribution in [0.3, 0.4) is 0 Å². The van der Waals surface area contributed by atoms with Crippen molar-refractivity contribution in [2.24, 2.45) is 5.41 Å². The van der Waals surface area contributed by atoms with Crippen LogP contribution in [0, 0.1) is 8.99 Å². The molecule has 2 heterocycles. The molecule has 8 nitrogen and oxygen atoms in total. The molecule has 2 saturated heterocycles. The average molecular weight is 599 g/mol. The zero-order chi connectivity index (χ0) is 24.3. The number of nitrogens with zero attached hydrogens (tertiary/aromatic N) is 3. The fourth-order valence-electron chi connectivity index (χ4n) is 4.51. The molecule has 0 bridgehead atoms. The average Bonchev–Trinajstić information content (AvgIpc) is 3.26. The van der Waals surface area contributed by atoms with Gasteiger partial charge in [-0.15, -0.1) is 0 Å². The van der Waals surface area contributed by atoms with Gasteiger partial charge in [0.25, 0.3) is 0 Å². The number of amides is 2. The van der Waals surface area contributed by atoms with E-state index in [0.29, 0.717) is 46.9 Å². The largest absolute Gasteiger partial charge is 0.507 e. The minimum absolute atomic E-state index is 0.0352. The Kier molecular flexibility index (Phi) is 7.86. The molecule has 2 aliphatic heterocycles. The Morgan fingerprint density at radius 1 is 1.09 bits per heavy atom. The van der Waals surface area contributed by atoms with Gasteiger partial charge in [-0.1, -0.05) is 17.7 Å². The molecule has 3 N–H and O–H groups in total. The van der Waals surface area contributed by atoms with E-state index in [-0.39, 0.29) is 30.7 Å². The maximum Gasteiger partial charge on any atom is 0.236 e. The highest BCUT2D eigenvalue weighted by molar-refractivity contribution is 14.1. The van der Waals surface area contributed by atoms with E-state index in [1.165, 1.54) is 6.07 Å². The van der Waals surface area contributed by atoms with Crippen LogP contribution in [0.1, 0.15) is 6.42 Å². The number of aliphatic hydroxyl groups excluding tert-OH is 1. The van der Waals surface area contributed by atoms with Crippen LogP contribution in [0.15, 0.2) is 42.5 Å². The minimum atomic E-state index is -0.963. The zero-order valence-electron chi connectivity index (χ0n) is 18.7. The topological polar surface area (TPSA) is 96.3 Å². The first-order valence-corrected chi connectivity index (χ1v) is 12.7.